The van der Waals surface area contributed by atoms with Gasteiger partial charge in [0.2, 0.25) is 0 Å². The van der Waals surface area contributed by atoms with Crippen LogP contribution in [-0.4, -0.2) is 19.1 Å². The lowest BCUT2D eigenvalue weighted by molar-refractivity contribution is 0.328. The van der Waals surface area contributed by atoms with Gasteiger partial charge in [0.25, 0.3) is 0 Å². The van der Waals surface area contributed by atoms with Crippen LogP contribution in [-0.2, 0) is 0 Å². The summed E-state index contributed by atoms with van der Waals surface area (Å²) in [5, 5.41) is 3.54. The smallest absolute Gasteiger partial charge is 0.00507 e. The topological polar surface area (TPSA) is 38.0 Å². The molecular formula is C13H28N2. The highest BCUT2D eigenvalue weighted by Gasteiger charge is 2.12. The van der Waals surface area contributed by atoms with E-state index < -0.39 is 0 Å². The van der Waals surface area contributed by atoms with E-state index in [0.717, 1.165) is 18.9 Å². The molecule has 2 heteroatoms. The maximum atomic E-state index is 5.51. The van der Waals surface area contributed by atoms with Crippen molar-refractivity contribution in [3.05, 3.63) is 0 Å². The first-order valence-corrected chi connectivity index (χ1v) is 6.76. The first-order chi connectivity index (χ1) is 7.33. The molecule has 0 amide bonds. The fourth-order valence-electron chi connectivity index (χ4n) is 2.57. The van der Waals surface area contributed by atoms with Crippen molar-refractivity contribution in [2.45, 2.75) is 64.3 Å². The number of rotatable bonds is 7. The summed E-state index contributed by atoms with van der Waals surface area (Å²) in [5.41, 5.74) is 5.51. The lowest BCUT2D eigenvalue weighted by atomic mass is 9.86. The van der Waals surface area contributed by atoms with Gasteiger partial charge in [-0.05, 0) is 45.2 Å². The van der Waals surface area contributed by atoms with Crippen LogP contribution in [0.25, 0.3) is 0 Å². The van der Waals surface area contributed by atoms with Crippen molar-refractivity contribution in [3.8, 4) is 0 Å². The predicted octanol–water partition coefficient (Wildman–Crippen LogP) is 2.67. The maximum absolute atomic E-state index is 5.51. The molecule has 0 aromatic rings. The lowest BCUT2D eigenvalue weighted by Crippen LogP contribution is -2.29. The van der Waals surface area contributed by atoms with Crippen LogP contribution in [0.1, 0.15) is 58.3 Å². The standard InChI is InChI=1S/C13H28N2/c1-12(9-10-14)15-11-5-8-13-6-3-2-4-7-13/h12-13,15H,2-11,14H2,1H3. The predicted molar refractivity (Wildman–Crippen MR) is 66.9 cm³/mol. The highest BCUT2D eigenvalue weighted by atomic mass is 14.9. The molecule has 1 rings (SSSR count). The number of hydrogen-bond donors (Lipinski definition) is 2. The van der Waals surface area contributed by atoms with Gasteiger partial charge in [0.15, 0.2) is 0 Å². The molecule has 0 aliphatic heterocycles. The lowest BCUT2D eigenvalue weighted by Gasteiger charge is -2.21. The minimum atomic E-state index is 0.598. The normalized spacial score (nSPS) is 20.4. The van der Waals surface area contributed by atoms with E-state index in [-0.39, 0.29) is 0 Å². The van der Waals surface area contributed by atoms with Gasteiger partial charge >= 0.3 is 0 Å². The summed E-state index contributed by atoms with van der Waals surface area (Å²) in [5.74, 6) is 1.03. The minimum absolute atomic E-state index is 0.598. The number of nitrogens with one attached hydrogen (secondary N) is 1. The second kappa shape index (κ2) is 8.12. The molecule has 2 nitrogen and oxygen atoms in total. The molecule has 1 unspecified atom stereocenters. The van der Waals surface area contributed by atoms with Crippen LogP contribution < -0.4 is 11.1 Å². The van der Waals surface area contributed by atoms with Gasteiger partial charge < -0.3 is 11.1 Å². The van der Waals surface area contributed by atoms with Crippen LogP contribution in [0.3, 0.4) is 0 Å². The van der Waals surface area contributed by atoms with E-state index in [9.17, 15) is 0 Å². The summed E-state index contributed by atoms with van der Waals surface area (Å²) in [7, 11) is 0. The number of nitrogens with two attached hydrogens (primary N) is 1. The molecule has 1 aliphatic carbocycles. The Morgan fingerprint density at radius 1 is 1.27 bits per heavy atom. The summed E-state index contributed by atoms with van der Waals surface area (Å²) in [6.07, 6.45) is 11.3. The van der Waals surface area contributed by atoms with E-state index in [2.05, 4.69) is 12.2 Å². The molecule has 15 heavy (non-hydrogen) atoms. The van der Waals surface area contributed by atoms with Crippen molar-refractivity contribution in [3.63, 3.8) is 0 Å². The van der Waals surface area contributed by atoms with Crippen LogP contribution in [0.4, 0.5) is 0 Å². The Labute approximate surface area is 95.0 Å². The largest absolute Gasteiger partial charge is 0.330 e. The van der Waals surface area contributed by atoms with Crippen molar-refractivity contribution in [2.24, 2.45) is 11.7 Å². The Morgan fingerprint density at radius 3 is 2.67 bits per heavy atom. The molecule has 0 radical (unpaired) electrons. The third-order valence-corrected chi connectivity index (χ3v) is 3.61. The van der Waals surface area contributed by atoms with Gasteiger partial charge in [0, 0.05) is 6.04 Å². The SMILES string of the molecule is CC(CCN)NCCCC1CCCCC1. The van der Waals surface area contributed by atoms with E-state index in [1.165, 1.54) is 51.5 Å². The van der Waals surface area contributed by atoms with Crippen molar-refractivity contribution in [1.82, 2.24) is 5.32 Å². The van der Waals surface area contributed by atoms with Crippen LogP contribution >= 0.6 is 0 Å². The zero-order valence-corrected chi connectivity index (χ0v) is 10.3. The highest BCUT2D eigenvalue weighted by molar-refractivity contribution is 4.67. The molecule has 0 spiro atoms. The molecule has 0 heterocycles. The van der Waals surface area contributed by atoms with Gasteiger partial charge in [-0.2, -0.15) is 0 Å². The maximum Gasteiger partial charge on any atom is 0.00507 e. The average Bonchev–Trinajstić information content (AvgIpc) is 2.26. The van der Waals surface area contributed by atoms with Crippen LogP contribution in [0.2, 0.25) is 0 Å². The zero-order valence-electron chi connectivity index (χ0n) is 10.3. The van der Waals surface area contributed by atoms with Crippen LogP contribution in [0.15, 0.2) is 0 Å². The summed E-state index contributed by atoms with van der Waals surface area (Å²) >= 11 is 0. The zero-order chi connectivity index (χ0) is 10.9. The molecule has 0 bridgehead atoms. The monoisotopic (exact) mass is 212 g/mol. The molecule has 3 N–H and O–H groups in total. The average molecular weight is 212 g/mol. The Hall–Kier alpha value is -0.0800. The van der Waals surface area contributed by atoms with E-state index >= 15 is 0 Å². The van der Waals surface area contributed by atoms with Gasteiger partial charge in [-0.15, -0.1) is 0 Å². The fraction of sp³-hybridized carbons (Fsp3) is 1.00. The third-order valence-electron chi connectivity index (χ3n) is 3.61. The van der Waals surface area contributed by atoms with E-state index in [1.807, 2.05) is 0 Å². The van der Waals surface area contributed by atoms with Crippen molar-refractivity contribution >= 4 is 0 Å². The van der Waals surface area contributed by atoms with E-state index in [0.29, 0.717) is 6.04 Å². The van der Waals surface area contributed by atoms with Crippen molar-refractivity contribution < 1.29 is 0 Å². The molecule has 0 aromatic heterocycles. The molecule has 0 aromatic carbocycles. The first-order valence-electron chi connectivity index (χ1n) is 6.76. The summed E-state index contributed by atoms with van der Waals surface area (Å²) in [6.45, 7) is 4.21. The van der Waals surface area contributed by atoms with Gasteiger partial charge in [0.05, 0.1) is 0 Å². The summed E-state index contributed by atoms with van der Waals surface area (Å²) in [6, 6.07) is 0.598. The second-order valence-electron chi connectivity index (χ2n) is 5.08. The Morgan fingerprint density at radius 2 is 2.00 bits per heavy atom. The van der Waals surface area contributed by atoms with Gasteiger partial charge in [-0.25, -0.2) is 0 Å². The Kier molecular flexibility index (Phi) is 7.03. The Balaban J connectivity index is 1.91. The highest BCUT2D eigenvalue weighted by Crippen LogP contribution is 2.26. The van der Waals surface area contributed by atoms with Gasteiger partial charge in [-0.3, -0.25) is 0 Å². The van der Waals surface area contributed by atoms with E-state index in [1.54, 1.807) is 0 Å². The molecule has 0 saturated heterocycles. The molecule has 1 aliphatic rings. The van der Waals surface area contributed by atoms with E-state index in [4.69, 9.17) is 5.73 Å². The molecule has 1 atom stereocenters. The molecule has 90 valence electrons. The number of hydrogen-bond acceptors (Lipinski definition) is 2. The van der Waals surface area contributed by atoms with Gasteiger partial charge in [0.1, 0.15) is 0 Å². The van der Waals surface area contributed by atoms with Crippen molar-refractivity contribution in [1.29, 1.82) is 0 Å². The van der Waals surface area contributed by atoms with Gasteiger partial charge in [-0.1, -0.05) is 32.1 Å². The molecule has 1 saturated carbocycles. The third kappa shape index (κ3) is 6.16. The summed E-state index contributed by atoms with van der Waals surface area (Å²) < 4.78 is 0. The second-order valence-corrected chi connectivity index (χ2v) is 5.08. The minimum Gasteiger partial charge on any atom is -0.330 e. The summed E-state index contributed by atoms with van der Waals surface area (Å²) in [4.78, 5) is 0. The van der Waals surface area contributed by atoms with Crippen LogP contribution in [0.5, 0.6) is 0 Å². The fourth-order valence-corrected chi connectivity index (χ4v) is 2.57. The Bertz CT molecular complexity index is 141. The first kappa shape index (κ1) is 13.0. The van der Waals surface area contributed by atoms with Crippen molar-refractivity contribution in [2.75, 3.05) is 13.1 Å². The molecular weight excluding hydrogens is 184 g/mol. The van der Waals surface area contributed by atoms with Crippen LogP contribution in [0, 0.1) is 5.92 Å². The quantitative estimate of drug-likeness (QED) is 0.637. The molecule has 1 fully saturated rings.